The number of carbonyl (C=O) groups excluding carboxylic acids is 2. The smallest absolute Gasteiger partial charge is 0.339 e. The molecule has 178 valence electrons. The van der Waals surface area contributed by atoms with Gasteiger partial charge in [-0.2, -0.15) is 8.42 Å². The number of hydrogen-bond donors (Lipinski definition) is 1. The number of benzene rings is 3. The first kappa shape index (κ1) is 25.3. The summed E-state index contributed by atoms with van der Waals surface area (Å²) in [6, 6.07) is 19.0. The van der Waals surface area contributed by atoms with Crippen molar-refractivity contribution in [2.24, 2.45) is 0 Å². The van der Waals surface area contributed by atoms with Gasteiger partial charge in [0.15, 0.2) is 0 Å². The van der Waals surface area contributed by atoms with Gasteiger partial charge in [-0.05, 0) is 67.9 Å². The zero-order valence-corrected chi connectivity index (χ0v) is 20.6. The van der Waals surface area contributed by atoms with Gasteiger partial charge < -0.3 is 14.4 Å². The Kier molecular flexibility index (Phi) is 7.96. The van der Waals surface area contributed by atoms with Gasteiger partial charge in [-0.15, -0.1) is 0 Å². The third-order valence-electron chi connectivity index (χ3n) is 4.91. The van der Waals surface area contributed by atoms with E-state index >= 15 is 0 Å². The Morgan fingerprint density at radius 3 is 2.29 bits per heavy atom. The predicted molar refractivity (Wildman–Crippen MR) is 131 cm³/mol. The molecule has 3 aromatic carbocycles. The van der Waals surface area contributed by atoms with Crippen LogP contribution in [-0.2, 0) is 21.5 Å². The topological polar surface area (TPSA) is 92.8 Å². The monoisotopic (exact) mass is 500 g/mol. The van der Waals surface area contributed by atoms with Crippen LogP contribution in [-0.4, -0.2) is 31.2 Å². The van der Waals surface area contributed by atoms with Crippen molar-refractivity contribution in [2.45, 2.75) is 38.3 Å². The van der Waals surface area contributed by atoms with Gasteiger partial charge in [0, 0.05) is 25.2 Å². The maximum absolute atomic E-state index is 13.1. The van der Waals surface area contributed by atoms with Crippen LogP contribution >= 0.6 is 11.6 Å². The molecule has 0 heterocycles. The van der Waals surface area contributed by atoms with Gasteiger partial charge in [-0.3, -0.25) is 9.59 Å². The lowest BCUT2D eigenvalue weighted by Crippen LogP contribution is -2.36. The van der Waals surface area contributed by atoms with Crippen LogP contribution in [0, 0.1) is 0 Å². The highest BCUT2D eigenvalue weighted by molar-refractivity contribution is 7.87. The molecule has 0 saturated carbocycles. The molecular formula is C25H25ClN2O5S. The van der Waals surface area contributed by atoms with Gasteiger partial charge in [-0.25, -0.2) is 0 Å². The Morgan fingerprint density at radius 2 is 1.68 bits per heavy atom. The summed E-state index contributed by atoms with van der Waals surface area (Å²) in [6.07, 6.45) is 0. The van der Waals surface area contributed by atoms with E-state index in [9.17, 15) is 18.0 Å². The van der Waals surface area contributed by atoms with Crippen molar-refractivity contribution in [3.05, 3.63) is 88.9 Å². The van der Waals surface area contributed by atoms with Crippen LogP contribution in [0.3, 0.4) is 0 Å². The van der Waals surface area contributed by atoms with Crippen LogP contribution in [0.25, 0.3) is 0 Å². The SMILES string of the molecule is CC(=O)Nc1ccc(S(=O)(=O)Oc2cccc(CN(C(=O)c3ccccc3Cl)C(C)C)c2)cc1. The van der Waals surface area contributed by atoms with Crippen molar-refractivity contribution < 1.29 is 22.2 Å². The maximum atomic E-state index is 13.1. The quantitative estimate of drug-likeness (QED) is 0.433. The third kappa shape index (κ3) is 6.36. The first-order valence-electron chi connectivity index (χ1n) is 10.5. The second-order valence-corrected chi connectivity index (χ2v) is 9.85. The molecule has 1 N–H and O–H groups in total. The van der Waals surface area contributed by atoms with Gasteiger partial charge in [0.1, 0.15) is 10.6 Å². The molecule has 0 aliphatic heterocycles. The fourth-order valence-corrected chi connectivity index (χ4v) is 4.39. The molecule has 0 fully saturated rings. The van der Waals surface area contributed by atoms with Crippen molar-refractivity contribution in [1.29, 1.82) is 0 Å². The highest BCUT2D eigenvalue weighted by atomic mass is 35.5. The predicted octanol–water partition coefficient (Wildman–Crippen LogP) is 5.12. The van der Waals surface area contributed by atoms with Gasteiger partial charge in [0.25, 0.3) is 5.91 Å². The maximum Gasteiger partial charge on any atom is 0.339 e. The normalized spacial score (nSPS) is 11.2. The molecule has 0 aromatic heterocycles. The number of anilines is 1. The molecule has 0 saturated heterocycles. The Labute approximate surface area is 204 Å². The largest absolute Gasteiger partial charge is 0.379 e. The van der Waals surface area contributed by atoms with Crippen LogP contribution in [0.5, 0.6) is 5.75 Å². The van der Waals surface area contributed by atoms with E-state index in [0.717, 1.165) is 0 Å². The number of amides is 2. The van der Waals surface area contributed by atoms with Gasteiger partial charge >= 0.3 is 10.1 Å². The Balaban J connectivity index is 1.79. The Hall–Kier alpha value is -3.36. The van der Waals surface area contributed by atoms with E-state index in [-0.39, 0.29) is 35.0 Å². The summed E-state index contributed by atoms with van der Waals surface area (Å²) in [5.74, 6) is -0.358. The minimum atomic E-state index is -4.10. The fraction of sp³-hybridized carbons (Fsp3) is 0.200. The van der Waals surface area contributed by atoms with Crippen molar-refractivity contribution in [3.8, 4) is 5.75 Å². The molecule has 0 spiro atoms. The van der Waals surface area contributed by atoms with Crippen LogP contribution in [0.15, 0.2) is 77.7 Å². The number of hydrogen-bond acceptors (Lipinski definition) is 5. The van der Waals surface area contributed by atoms with Crippen LogP contribution in [0.4, 0.5) is 5.69 Å². The van der Waals surface area contributed by atoms with Crippen molar-refractivity contribution in [1.82, 2.24) is 4.90 Å². The standard InChI is InChI=1S/C25H25ClN2O5S/c1-17(2)28(25(30)23-9-4-5-10-24(23)26)16-19-7-6-8-21(15-19)33-34(31,32)22-13-11-20(12-14-22)27-18(3)29/h4-15,17H,16H2,1-3H3,(H,27,29). The first-order valence-corrected chi connectivity index (χ1v) is 12.3. The number of carbonyl (C=O) groups is 2. The van der Waals surface area contributed by atoms with E-state index in [1.165, 1.54) is 37.3 Å². The molecule has 3 aromatic rings. The van der Waals surface area contributed by atoms with Crippen molar-refractivity contribution in [3.63, 3.8) is 0 Å². The lowest BCUT2D eigenvalue weighted by atomic mass is 10.1. The van der Waals surface area contributed by atoms with E-state index in [0.29, 0.717) is 21.8 Å². The van der Waals surface area contributed by atoms with E-state index in [1.54, 1.807) is 47.4 Å². The Morgan fingerprint density at radius 1 is 1.00 bits per heavy atom. The van der Waals surface area contributed by atoms with E-state index < -0.39 is 10.1 Å². The van der Waals surface area contributed by atoms with Crippen molar-refractivity contribution in [2.75, 3.05) is 5.32 Å². The zero-order valence-electron chi connectivity index (χ0n) is 19.0. The third-order valence-corrected chi connectivity index (χ3v) is 6.50. The van der Waals surface area contributed by atoms with Gasteiger partial charge in [-0.1, -0.05) is 35.9 Å². The Bertz CT molecular complexity index is 1290. The summed E-state index contributed by atoms with van der Waals surface area (Å²) in [5, 5.41) is 2.94. The summed E-state index contributed by atoms with van der Waals surface area (Å²) in [7, 11) is -4.10. The van der Waals surface area contributed by atoms with E-state index in [1.807, 2.05) is 13.8 Å². The van der Waals surface area contributed by atoms with E-state index in [4.69, 9.17) is 15.8 Å². The van der Waals surface area contributed by atoms with E-state index in [2.05, 4.69) is 5.32 Å². The number of nitrogens with zero attached hydrogens (tertiary/aromatic N) is 1. The van der Waals surface area contributed by atoms with Crippen molar-refractivity contribution >= 4 is 39.2 Å². The fourth-order valence-electron chi connectivity index (χ4n) is 3.25. The highest BCUT2D eigenvalue weighted by Gasteiger charge is 2.22. The zero-order chi connectivity index (χ0) is 24.9. The van der Waals surface area contributed by atoms with Crippen LogP contribution in [0.1, 0.15) is 36.7 Å². The minimum absolute atomic E-state index is 0.0512. The van der Waals surface area contributed by atoms with Crippen LogP contribution in [0.2, 0.25) is 5.02 Å². The number of rotatable bonds is 8. The van der Waals surface area contributed by atoms with Gasteiger partial charge in [0.2, 0.25) is 5.91 Å². The summed E-state index contributed by atoms with van der Waals surface area (Å²) in [5.41, 5.74) is 1.57. The molecule has 0 atom stereocenters. The number of nitrogens with one attached hydrogen (secondary N) is 1. The lowest BCUT2D eigenvalue weighted by Gasteiger charge is -2.27. The molecule has 0 bridgehead atoms. The highest BCUT2D eigenvalue weighted by Crippen LogP contribution is 2.24. The second-order valence-electron chi connectivity index (χ2n) is 7.90. The lowest BCUT2D eigenvalue weighted by molar-refractivity contribution is -0.114. The summed E-state index contributed by atoms with van der Waals surface area (Å²) in [4.78, 5) is 25.8. The molecular weight excluding hydrogens is 476 g/mol. The average Bonchev–Trinajstić information content (AvgIpc) is 2.77. The molecule has 9 heteroatoms. The molecule has 0 radical (unpaired) electrons. The van der Waals surface area contributed by atoms with Gasteiger partial charge in [0.05, 0.1) is 10.6 Å². The minimum Gasteiger partial charge on any atom is -0.379 e. The summed E-state index contributed by atoms with van der Waals surface area (Å²) in [6.45, 7) is 5.39. The van der Waals surface area contributed by atoms with Crippen LogP contribution < -0.4 is 9.50 Å². The first-order chi connectivity index (χ1) is 16.1. The molecule has 2 amide bonds. The molecule has 0 unspecified atom stereocenters. The average molecular weight is 501 g/mol. The molecule has 7 nitrogen and oxygen atoms in total. The summed E-state index contributed by atoms with van der Waals surface area (Å²) < 4.78 is 30.8. The molecule has 3 rings (SSSR count). The molecule has 34 heavy (non-hydrogen) atoms. The molecule has 0 aliphatic carbocycles. The number of halogens is 1. The summed E-state index contributed by atoms with van der Waals surface area (Å²) >= 11 is 6.21. The second kappa shape index (κ2) is 10.7. The molecule has 0 aliphatic rings.